The fourth-order valence-electron chi connectivity index (χ4n) is 4.99. The molecule has 0 bridgehead atoms. The summed E-state index contributed by atoms with van der Waals surface area (Å²) in [6.07, 6.45) is 5.26. The fraction of sp³-hybridized carbons (Fsp3) is 0.259. The average molecular weight is 493 g/mol. The molecule has 182 valence electrons. The molecule has 5 rings (SSSR count). The molecule has 0 saturated carbocycles. The molecular formula is C27H28N2O5S. The van der Waals surface area contributed by atoms with Crippen molar-refractivity contribution in [1.29, 1.82) is 0 Å². The van der Waals surface area contributed by atoms with E-state index in [1.807, 2.05) is 18.2 Å². The van der Waals surface area contributed by atoms with E-state index in [1.54, 1.807) is 57.7 Å². The molecule has 1 aliphatic heterocycles. The van der Waals surface area contributed by atoms with Gasteiger partial charge < -0.3 is 19.5 Å². The highest BCUT2D eigenvalue weighted by Gasteiger charge is 2.38. The molecule has 1 aliphatic carbocycles. The van der Waals surface area contributed by atoms with E-state index in [4.69, 9.17) is 14.2 Å². The van der Waals surface area contributed by atoms with Gasteiger partial charge in [0.1, 0.15) is 5.75 Å². The van der Waals surface area contributed by atoms with Gasteiger partial charge >= 0.3 is 0 Å². The van der Waals surface area contributed by atoms with Crippen molar-refractivity contribution in [3.8, 4) is 17.2 Å². The van der Waals surface area contributed by atoms with Crippen LogP contribution in [0.3, 0.4) is 0 Å². The third-order valence-corrected chi connectivity index (χ3v) is 8.13. The van der Waals surface area contributed by atoms with E-state index in [-0.39, 0.29) is 22.8 Å². The zero-order valence-corrected chi connectivity index (χ0v) is 20.6. The molecule has 0 fully saturated rings. The zero-order valence-electron chi connectivity index (χ0n) is 19.8. The van der Waals surface area contributed by atoms with Crippen molar-refractivity contribution in [1.82, 2.24) is 0 Å². The maximum atomic E-state index is 13.1. The maximum absolute atomic E-state index is 13.1. The van der Waals surface area contributed by atoms with Crippen LogP contribution in [0.1, 0.15) is 29.5 Å². The first kappa shape index (κ1) is 23.1. The van der Waals surface area contributed by atoms with Crippen molar-refractivity contribution in [2.24, 2.45) is 5.92 Å². The van der Waals surface area contributed by atoms with E-state index in [9.17, 15) is 8.42 Å². The molecule has 3 aromatic carbocycles. The Bertz CT molecular complexity index is 1370. The van der Waals surface area contributed by atoms with E-state index in [0.717, 1.165) is 23.2 Å². The predicted molar refractivity (Wildman–Crippen MR) is 136 cm³/mol. The summed E-state index contributed by atoms with van der Waals surface area (Å²) in [5.74, 6) is 2.41. The molecule has 0 spiro atoms. The first-order chi connectivity index (χ1) is 16.9. The van der Waals surface area contributed by atoms with Crippen molar-refractivity contribution >= 4 is 21.4 Å². The lowest BCUT2D eigenvalue weighted by molar-refractivity contribution is 0.353. The van der Waals surface area contributed by atoms with Gasteiger partial charge in [-0.2, -0.15) is 0 Å². The summed E-state index contributed by atoms with van der Waals surface area (Å²) in [6, 6.07) is 18.1. The largest absolute Gasteiger partial charge is 0.497 e. The molecule has 3 aromatic rings. The van der Waals surface area contributed by atoms with Gasteiger partial charge in [0.15, 0.2) is 11.5 Å². The first-order valence-electron chi connectivity index (χ1n) is 11.4. The molecular weight excluding hydrogens is 464 g/mol. The Morgan fingerprint density at radius 3 is 2.37 bits per heavy atom. The molecule has 0 radical (unpaired) electrons. The molecule has 3 atom stereocenters. The summed E-state index contributed by atoms with van der Waals surface area (Å²) in [5.41, 5.74) is 3.50. The van der Waals surface area contributed by atoms with E-state index < -0.39 is 10.0 Å². The zero-order chi connectivity index (χ0) is 24.6. The summed E-state index contributed by atoms with van der Waals surface area (Å²) in [4.78, 5) is 0.234. The third kappa shape index (κ3) is 4.30. The van der Waals surface area contributed by atoms with Crippen LogP contribution in [0.25, 0.3) is 0 Å². The van der Waals surface area contributed by atoms with E-state index >= 15 is 0 Å². The monoisotopic (exact) mass is 492 g/mol. The fourth-order valence-corrected chi connectivity index (χ4v) is 6.08. The molecule has 0 saturated heterocycles. The van der Waals surface area contributed by atoms with Crippen LogP contribution in [0.4, 0.5) is 11.4 Å². The number of hydrogen-bond donors (Lipinski definition) is 2. The number of sulfonamides is 1. The van der Waals surface area contributed by atoms with E-state index in [2.05, 4.69) is 28.3 Å². The summed E-state index contributed by atoms with van der Waals surface area (Å²) in [6.45, 7) is 0. The standard InChI is InChI=1S/C27H28N2O5S/c1-32-19-10-8-18(9-11-19)29-35(30,31)20-12-13-24-23(16-20)21-5-4-6-22(21)27(28-24)17-7-14-25(33-2)26(15-17)34-3/h4-5,7-16,21-22,27-29H,6H2,1-3H3/t21-,22+,27+/m0/s1. The van der Waals surface area contributed by atoms with Gasteiger partial charge in [0, 0.05) is 17.3 Å². The Morgan fingerprint density at radius 1 is 0.886 bits per heavy atom. The molecule has 8 heteroatoms. The van der Waals surface area contributed by atoms with Gasteiger partial charge in [-0.05, 0) is 78.1 Å². The number of ether oxygens (including phenoxy) is 3. The summed E-state index contributed by atoms with van der Waals surface area (Å²) in [5, 5.41) is 3.65. The molecule has 0 amide bonds. The minimum Gasteiger partial charge on any atom is -0.497 e. The Morgan fingerprint density at radius 2 is 1.66 bits per heavy atom. The summed E-state index contributed by atoms with van der Waals surface area (Å²) < 4.78 is 45.0. The normalized spacial score (nSPS) is 20.4. The van der Waals surface area contributed by atoms with Gasteiger partial charge in [-0.1, -0.05) is 18.2 Å². The minimum absolute atomic E-state index is 0.0576. The molecule has 1 heterocycles. The molecule has 2 aliphatic rings. The number of anilines is 2. The van der Waals surface area contributed by atoms with Crippen LogP contribution in [-0.4, -0.2) is 29.7 Å². The van der Waals surface area contributed by atoms with E-state index in [1.165, 1.54) is 0 Å². The number of allylic oxidation sites excluding steroid dienone is 2. The first-order valence-corrected chi connectivity index (χ1v) is 12.9. The number of methoxy groups -OCH3 is 3. The lowest BCUT2D eigenvalue weighted by Crippen LogP contribution is -2.29. The second-order valence-corrected chi connectivity index (χ2v) is 10.4. The van der Waals surface area contributed by atoms with Crippen molar-refractivity contribution in [3.05, 3.63) is 83.9 Å². The second kappa shape index (κ2) is 9.19. The van der Waals surface area contributed by atoms with Gasteiger partial charge in [-0.3, -0.25) is 4.72 Å². The van der Waals surface area contributed by atoms with Gasteiger partial charge in [0.2, 0.25) is 0 Å². The van der Waals surface area contributed by atoms with Crippen molar-refractivity contribution in [2.75, 3.05) is 31.4 Å². The van der Waals surface area contributed by atoms with Gasteiger partial charge in [0.25, 0.3) is 10.0 Å². The number of fused-ring (bicyclic) bond motifs is 3. The van der Waals surface area contributed by atoms with Crippen LogP contribution in [0, 0.1) is 5.92 Å². The van der Waals surface area contributed by atoms with Crippen LogP contribution in [0.2, 0.25) is 0 Å². The highest BCUT2D eigenvalue weighted by Crippen LogP contribution is 2.51. The summed E-state index contributed by atoms with van der Waals surface area (Å²) >= 11 is 0. The SMILES string of the molecule is COc1ccc(NS(=O)(=O)c2ccc3c(c2)[C@H]2C=CC[C@H]2[C@@H](c2ccc(OC)c(OC)c2)N3)cc1. The van der Waals surface area contributed by atoms with Crippen molar-refractivity contribution in [2.45, 2.75) is 23.3 Å². The van der Waals surface area contributed by atoms with Crippen LogP contribution >= 0.6 is 0 Å². The molecule has 0 unspecified atom stereocenters. The highest BCUT2D eigenvalue weighted by molar-refractivity contribution is 7.92. The minimum atomic E-state index is -3.75. The van der Waals surface area contributed by atoms with Crippen molar-refractivity contribution < 1.29 is 22.6 Å². The average Bonchev–Trinajstić information content (AvgIpc) is 3.38. The van der Waals surface area contributed by atoms with Gasteiger partial charge in [-0.15, -0.1) is 0 Å². The predicted octanol–water partition coefficient (Wildman–Crippen LogP) is 5.34. The van der Waals surface area contributed by atoms with Crippen LogP contribution in [0.15, 0.2) is 77.7 Å². The van der Waals surface area contributed by atoms with Crippen LogP contribution in [0.5, 0.6) is 17.2 Å². The Hall–Kier alpha value is -3.65. The topological polar surface area (TPSA) is 85.9 Å². The lowest BCUT2D eigenvalue weighted by atomic mass is 9.77. The number of benzene rings is 3. The molecule has 0 aromatic heterocycles. The van der Waals surface area contributed by atoms with Crippen LogP contribution < -0.4 is 24.2 Å². The number of nitrogens with one attached hydrogen (secondary N) is 2. The quantitative estimate of drug-likeness (QED) is 0.433. The van der Waals surface area contributed by atoms with Crippen molar-refractivity contribution in [3.63, 3.8) is 0 Å². The Balaban J connectivity index is 1.46. The van der Waals surface area contributed by atoms with E-state index in [0.29, 0.717) is 22.9 Å². The second-order valence-electron chi connectivity index (χ2n) is 8.67. The lowest BCUT2D eigenvalue weighted by Gasteiger charge is -2.38. The van der Waals surface area contributed by atoms with Gasteiger partial charge in [-0.25, -0.2) is 8.42 Å². The van der Waals surface area contributed by atoms with Crippen LogP contribution in [-0.2, 0) is 10.0 Å². The Labute approximate surface area is 205 Å². The summed E-state index contributed by atoms with van der Waals surface area (Å²) in [7, 11) is 1.08. The molecule has 2 N–H and O–H groups in total. The highest BCUT2D eigenvalue weighted by atomic mass is 32.2. The van der Waals surface area contributed by atoms with Gasteiger partial charge in [0.05, 0.1) is 32.3 Å². The number of rotatable bonds is 7. The number of hydrogen-bond acceptors (Lipinski definition) is 6. The maximum Gasteiger partial charge on any atom is 0.261 e. The molecule has 35 heavy (non-hydrogen) atoms. The Kier molecular flexibility index (Phi) is 6.06. The smallest absolute Gasteiger partial charge is 0.261 e. The molecule has 7 nitrogen and oxygen atoms in total. The third-order valence-electron chi connectivity index (χ3n) is 6.75.